The van der Waals surface area contributed by atoms with Crippen LogP contribution < -0.4 is 0 Å². The molecule has 0 bridgehead atoms. The van der Waals surface area contributed by atoms with E-state index in [1.165, 1.54) is 37.5 Å². The van der Waals surface area contributed by atoms with Gasteiger partial charge >= 0.3 is 0 Å². The van der Waals surface area contributed by atoms with Gasteiger partial charge in [0.15, 0.2) is 0 Å². The van der Waals surface area contributed by atoms with E-state index >= 15 is 0 Å². The summed E-state index contributed by atoms with van der Waals surface area (Å²) in [5, 5.41) is 10.3. The smallest absolute Gasteiger partial charge is 0.142 e. The lowest BCUT2D eigenvalue weighted by atomic mass is 9.47. The van der Waals surface area contributed by atoms with E-state index in [4.69, 9.17) is 0 Å². The van der Waals surface area contributed by atoms with Gasteiger partial charge in [0.1, 0.15) is 5.82 Å². The minimum Gasteiger partial charge on any atom is -0.393 e. The fourth-order valence-corrected chi connectivity index (χ4v) is 7.73. The van der Waals surface area contributed by atoms with Crippen molar-refractivity contribution in [2.45, 2.75) is 64.9 Å². The Morgan fingerprint density at radius 1 is 1.15 bits per heavy atom. The van der Waals surface area contributed by atoms with Crippen molar-refractivity contribution in [3.05, 3.63) is 35.9 Å². The Labute approximate surface area is 155 Å². The molecule has 0 amide bonds. The first-order chi connectivity index (χ1) is 12.4. The van der Waals surface area contributed by atoms with Gasteiger partial charge in [0.05, 0.1) is 12.3 Å². The molecule has 0 spiro atoms. The second kappa shape index (κ2) is 5.64. The van der Waals surface area contributed by atoms with Crippen molar-refractivity contribution in [3.63, 3.8) is 0 Å². The molecule has 1 aromatic heterocycles. The number of hydrogen-bond acceptors (Lipinski definition) is 2. The number of aliphatic hydroxyl groups is 1. The van der Waals surface area contributed by atoms with Crippen LogP contribution in [0.4, 0.5) is 4.39 Å². The largest absolute Gasteiger partial charge is 0.393 e. The minimum absolute atomic E-state index is 0.0901. The van der Waals surface area contributed by atoms with Crippen LogP contribution in [0.25, 0.3) is 5.57 Å². The van der Waals surface area contributed by atoms with Gasteiger partial charge in [0.25, 0.3) is 0 Å². The summed E-state index contributed by atoms with van der Waals surface area (Å²) >= 11 is 0. The topological polar surface area (TPSA) is 33.1 Å². The summed E-state index contributed by atoms with van der Waals surface area (Å²) in [7, 11) is 0. The summed E-state index contributed by atoms with van der Waals surface area (Å²) in [6.45, 7) is 4.88. The molecule has 2 nitrogen and oxygen atoms in total. The van der Waals surface area contributed by atoms with E-state index in [1.807, 2.05) is 6.20 Å². The average molecular weight is 355 g/mol. The van der Waals surface area contributed by atoms with Gasteiger partial charge < -0.3 is 5.11 Å². The molecular weight excluding hydrogens is 325 g/mol. The summed E-state index contributed by atoms with van der Waals surface area (Å²) < 4.78 is 13.8. The number of halogens is 1. The lowest BCUT2D eigenvalue weighted by molar-refractivity contribution is -0.0657. The van der Waals surface area contributed by atoms with Gasteiger partial charge in [-0.1, -0.05) is 19.9 Å². The number of nitrogens with zero attached hydrogens (tertiary/aromatic N) is 1. The zero-order valence-corrected chi connectivity index (χ0v) is 15.9. The maximum atomic E-state index is 13.8. The highest BCUT2D eigenvalue weighted by molar-refractivity contribution is 5.72. The van der Waals surface area contributed by atoms with Crippen molar-refractivity contribution in [3.8, 4) is 0 Å². The molecule has 1 N–H and O–H groups in total. The molecule has 7 atom stereocenters. The number of aliphatic hydroxyl groups excluding tert-OH is 1. The standard InChI is InChI=1S/C23H30FNO/c1-22-8-7-21-18(4-3-15-10-17(26)11-23(15,21)2)20(22)6-5-19(22)14-9-16(24)13-25-12-14/h5,9,12-13,15,17-18,20-21,26H,3-4,6-8,10-11H2,1-2H3/t15?,17?,18-,20-,21-,22+,23-/m0/s1. The van der Waals surface area contributed by atoms with Crippen LogP contribution in [0.1, 0.15) is 64.4 Å². The molecule has 140 valence electrons. The van der Waals surface area contributed by atoms with Crippen LogP contribution in [0.2, 0.25) is 0 Å². The molecule has 1 heterocycles. The van der Waals surface area contributed by atoms with Crippen LogP contribution >= 0.6 is 0 Å². The Kier molecular flexibility index (Phi) is 3.67. The van der Waals surface area contributed by atoms with Crippen molar-refractivity contribution in [2.75, 3.05) is 0 Å². The summed E-state index contributed by atoms with van der Waals surface area (Å²) in [6.07, 6.45) is 13.6. The van der Waals surface area contributed by atoms with E-state index in [0.29, 0.717) is 17.3 Å². The van der Waals surface area contributed by atoms with Gasteiger partial charge in [-0.3, -0.25) is 4.98 Å². The number of rotatable bonds is 1. The van der Waals surface area contributed by atoms with E-state index in [1.54, 1.807) is 6.07 Å². The van der Waals surface area contributed by atoms with E-state index in [0.717, 1.165) is 36.7 Å². The second-order valence-electron chi connectivity index (χ2n) is 9.95. The van der Waals surface area contributed by atoms with Crippen LogP contribution in [-0.4, -0.2) is 16.2 Å². The predicted molar refractivity (Wildman–Crippen MR) is 101 cm³/mol. The molecule has 4 aliphatic carbocycles. The van der Waals surface area contributed by atoms with Crippen molar-refractivity contribution in [1.29, 1.82) is 0 Å². The maximum Gasteiger partial charge on any atom is 0.142 e. The van der Waals surface area contributed by atoms with Crippen LogP contribution in [0.15, 0.2) is 24.5 Å². The van der Waals surface area contributed by atoms with Crippen molar-refractivity contribution >= 4 is 5.57 Å². The van der Waals surface area contributed by atoms with E-state index < -0.39 is 0 Å². The molecule has 1 aromatic rings. The first-order valence-electron chi connectivity index (χ1n) is 10.4. The number of fused-ring (bicyclic) bond motifs is 5. The number of aromatic nitrogens is 1. The molecule has 0 aliphatic heterocycles. The van der Waals surface area contributed by atoms with Gasteiger partial charge in [-0.15, -0.1) is 0 Å². The van der Waals surface area contributed by atoms with Gasteiger partial charge in [-0.25, -0.2) is 4.39 Å². The highest BCUT2D eigenvalue weighted by Gasteiger charge is 2.59. The molecule has 3 heteroatoms. The van der Waals surface area contributed by atoms with Crippen LogP contribution in [0.5, 0.6) is 0 Å². The summed E-state index contributed by atoms with van der Waals surface area (Å²) in [5.74, 6) is 2.63. The van der Waals surface area contributed by atoms with Crippen molar-refractivity contribution in [2.24, 2.45) is 34.5 Å². The highest BCUT2D eigenvalue weighted by atomic mass is 19.1. The fourth-order valence-electron chi connectivity index (χ4n) is 7.73. The lowest BCUT2D eigenvalue weighted by Gasteiger charge is -2.57. The molecule has 26 heavy (non-hydrogen) atoms. The lowest BCUT2D eigenvalue weighted by Crippen LogP contribution is -2.49. The Balaban J connectivity index is 1.46. The van der Waals surface area contributed by atoms with Gasteiger partial charge in [-0.2, -0.15) is 0 Å². The van der Waals surface area contributed by atoms with Crippen LogP contribution in [0, 0.1) is 40.3 Å². The molecule has 3 fully saturated rings. The normalized spacial score (nSPS) is 47.1. The Morgan fingerprint density at radius 2 is 2.00 bits per heavy atom. The molecule has 2 unspecified atom stereocenters. The Morgan fingerprint density at radius 3 is 2.81 bits per heavy atom. The monoisotopic (exact) mass is 355 g/mol. The molecule has 0 aromatic carbocycles. The van der Waals surface area contributed by atoms with E-state index in [2.05, 4.69) is 24.9 Å². The molecular formula is C23H30FNO. The number of pyridine rings is 1. The molecule has 0 saturated heterocycles. The van der Waals surface area contributed by atoms with E-state index in [9.17, 15) is 9.50 Å². The minimum atomic E-state index is -0.239. The number of hydrogen-bond donors (Lipinski definition) is 1. The summed E-state index contributed by atoms with van der Waals surface area (Å²) in [5.41, 5.74) is 2.78. The predicted octanol–water partition coefficient (Wildman–Crippen LogP) is 5.23. The molecule has 4 aliphatic rings. The SMILES string of the molecule is C[C@]12CC(O)CC1CC[C@@H]1[C@@H]2CC[C@]2(C)C(c3cncc(F)c3)=CC[C@@H]12. The third kappa shape index (κ3) is 2.22. The fraction of sp³-hybridized carbons (Fsp3) is 0.696. The summed E-state index contributed by atoms with van der Waals surface area (Å²) in [4.78, 5) is 4.10. The summed E-state index contributed by atoms with van der Waals surface area (Å²) in [6, 6.07) is 1.66. The quantitative estimate of drug-likeness (QED) is 0.748. The Bertz CT molecular complexity index is 760. The first kappa shape index (κ1) is 16.9. The molecule has 3 saturated carbocycles. The second-order valence-corrected chi connectivity index (χ2v) is 9.95. The third-order valence-corrected chi connectivity index (χ3v) is 8.89. The van der Waals surface area contributed by atoms with Crippen LogP contribution in [0.3, 0.4) is 0 Å². The Hall–Kier alpha value is -1.22. The van der Waals surface area contributed by atoms with Gasteiger partial charge in [-0.05, 0) is 96.7 Å². The van der Waals surface area contributed by atoms with Crippen molar-refractivity contribution < 1.29 is 9.50 Å². The van der Waals surface area contributed by atoms with Crippen LogP contribution in [-0.2, 0) is 0 Å². The van der Waals surface area contributed by atoms with Gasteiger partial charge in [0.2, 0.25) is 0 Å². The molecule has 0 radical (unpaired) electrons. The highest BCUT2D eigenvalue weighted by Crippen LogP contribution is 2.68. The maximum absolute atomic E-state index is 13.8. The third-order valence-electron chi connectivity index (χ3n) is 8.89. The first-order valence-corrected chi connectivity index (χ1v) is 10.4. The zero-order valence-electron chi connectivity index (χ0n) is 15.9. The zero-order chi connectivity index (χ0) is 18.1. The number of allylic oxidation sites excluding steroid dienone is 2. The van der Waals surface area contributed by atoms with Gasteiger partial charge in [0, 0.05) is 6.20 Å². The average Bonchev–Trinajstić information content (AvgIpc) is 3.10. The van der Waals surface area contributed by atoms with E-state index in [-0.39, 0.29) is 17.3 Å². The molecule has 5 rings (SSSR count). The van der Waals surface area contributed by atoms with Crippen molar-refractivity contribution in [1.82, 2.24) is 4.98 Å².